The highest BCUT2D eigenvalue weighted by molar-refractivity contribution is 8.00. The van der Waals surface area contributed by atoms with E-state index in [0.29, 0.717) is 12.2 Å². The fourth-order valence-electron chi connectivity index (χ4n) is 3.49. The van der Waals surface area contributed by atoms with E-state index in [1.807, 2.05) is 0 Å². The molecule has 0 bridgehead atoms. The Labute approximate surface area is 184 Å². The molecule has 2 atom stereocenters. The van der Waals surface area contributed by atoms with E-state index in [2.05, 4.69) is 11.9 Å². The van der Waals surface area contributed by atoms with Crippen molar-refractivity contribution < 1.29 is 14.3 Å². The zero-order chi connectivity index (χ0) is 21.6. The number of esters is 1. The van der Waals surface area contributed by atoms with Gasteiger partial charge in [-0.1, -0.05) is 71.1 Å². The van der Waals surface area contributed by atoms with Gasteiger partial charge in [0.2, 0.25) is 0 Å². The quantitative estimate of drug-likeness (QED) is 0.314. The van der Waals surface area contributed by atoms with Gasteiger partial charge in [-0.3, -0.25) is 9.36 Å². The minimum Gasteiger partial charge on any atom is -0.462 e. The second-order valence-corrected chi connectivity index (χ2v) is 9.06. The molecular weight excluding hydrogens is 402 g/mol. The lowest BCUT2D eigenvalue weighted by Gasteiger charge is -2.14. The fourth-order valence-corrected chi connectivity index (χ4v) is 4.48. The van der Waals surface area contributed by atoms with E-state index in [9.17, 15) is 9.59 Å². The molecular formula is C22H37N3O4S. The topological polar surface area (TPSA) is 96.4 Å². The van der Waals surface area contributed by atoms with Crippen LogP contribution in [-0.2, 0) is 14.3 Å². The van der Waals surface area contributed by atoms with Gasteiger partial charge in [-0.15, -0.1) is 11.8 Å². The molecule has 1 aromatic heterocycles. The number of ether oxygens (including phenoxy) is 2. The lowest BCUT2D eigenvalue weighted by molar-refractivity contribution is -0.147. The average Bonchev–Trinajstić information content (AvgIpc) is 3.19. The smallest absolute Gasteiger partial charge is 0.351 e. The third-order valence-corrected chi connectivity index (χ3v) is 6.36. The summed E-state index contributed by atoms with van der Waals surface area (Å²) in [6, 6.07) is 1.57. The first-order chi connectivity index (χ1) is 14.6. The van der Waals surface area contributed by atoms with E-state index >= 15 is 0 Å². The van der Waals surface area contributed by atoms with Crippen molar-refractivity contribution in [2.75, 3.05) is 18.1 Å². The van der Waals surface area contributed by atoms with Crippen molar-refractivity contribution in [3.05, 3.63) is 22.7 Å². The van der Waals surface area contributed by atoms with E-state index < -0.39 is 11.9 Å². The molecule has 1 saturated heterocycles. The Morgan fingerprint density at radius 2 is 1.80 bits per heavy atom. The number of nitrogens with zero attached hydrogens (tertiary/aromatic N) is 2. The molecule has 0 amide bonds. The van der Waals surface area contributed by atoms with Crippen LogP contribution in [0.5, 0.6) is 0 Å². The van der Waals surface area contributed by atoms with Crippen LogP contribution in [0, 0.1) is 0 Å². The monoisotopic (exact) mass is 439 g/mol. The molecule has 170 valence electrons. The predicted octanol–water partition coefficient (Wildman–Crippen LogP) is 4.66. The van der Waals surface area contributed by atoms with Gasteiger partial charge in [-0.25, -0.2) is 4.79 Å². The van der Waals surface area contributed by atoms with Gasteiger partial charge in [-0.05, 0) is 12.5 Å². The van der Waals surface area contributed by atoms with Crippen molar-refractivity contribution in [3.8, 4) is 0 Å². The molecule has 0 aliphatic carbocycles. The molecule has 0 saturated carbocycles. The SMILES string of the molecule is CCCCCCCCCCCCCC(=O)OC[C@H]1O[C@@H](n2ccc(N)nc2=O)CS1. The number of nitrogen functional groups attached to an aromatic ring is 1. The average molecular weight is 440 g/mol. The molecule has 2 rings (SSSR count). The van der Waals surface area contributed by atoms with E-state index in [4.69, 9.17) is 15.2 Å². The third kappa shape index (κ3) is 9.51. The number of carbonyl (C=O) groups is 1. The standard InChI is InChI=1S/C22H37N3O4S/c1-2-3-4-5-6-7-8-9-10-11-12-13-20(26)28-16-21-29-19(17-30-21)25-15-14-18(23)24-22(25)27/h14-15,19,21H,2-13,16-17H2,1H3,(H2,23,24,27)/t19-,21+/m1/s1. The third-order valence-electron chi connectivity index (χ3n) is 5.26. The van der Waals surface area contributed by atoms with Crippen molar-refractivity contribution >= 4 is 23.5 Å². The van der Waals surface area contributed by atoms with E-state index in [1.165, 1.54) is 74.1 Å². The first-order valence-corrected chi connectivity index (χ1v) is 12.4. The Kier molecular flexibility index (Phi) is 11.9. The van der Waals surface area contributed by atoms with Gasteiger partial charge in [0.15, 0.2) is 0 Å². The summed E-state index contributed by atoms with van der Waals surface area (Å²) in [4.78, 5) is 27.5. The molecule has 8 heteroatoms. The van der Waals surface area contributed by atoms with E-state index in [-0.39, 0.29) is 23.8 Å². The molecule has 2 heterocycles. The summed E-state index contributed by atoms with van der Waals surface area (Å²) in [5, 5.41) is 0. The minimum absolute atomic E-state index is 0.176. The van der Waals surface area contributed by atoms with Crippen molar-refractivity contribution in [2.45, 2.75) is 95.6 Å². The van der Waals surface area contributed by atoms with Crippen molar-refractivity contribution in [2.24, 2.45) is 0 Å². The molecule has 2 N–H and O–H groups in total. The van der Waals surface area contributed by atoms with E-state index in [1.54, 1.807) is 12.3 Å². The van der Waals surface area contributed by atoms with Crippen LogP contribution in [0.1, 0.15) is 90.2 Å². The number of hydrogen-bond donors (Lipinski definition) is 1. The maximum Gasteiger partial charge on any atom is 0.351 e. The van der Waals surface area contributed by atoms with Crippen LogP contribution in [0.15, 0.2) is 17.1 Å². The lowest BCUT2D eigenvalue weighted by atomic mass is 10.1. The zero-order valence-corrected chi connectivity index (χ0v) is 19.0. The van der Waals surface area contributed by atoms with Crippen LogP contribution in [0.25, 0.3) is 0 Å². The molecule has 1 aromatic rings. The molecule has 7 nitrogen and oxygen atoms in total. The van der Waals surface area contributed by atoms with Crippen LogP contribution in [0.4, 0.5) is 5.82 Å². The second-order valence-electron chi connectivity index (χ2n) is 7.86. The van der Waals surface area contributed by atoms with Crippen molar-refractivity contribution in [1.29, 1.82) is 0 Å². The molecule has 30 heavy (non-hydrogen) atoms. The zero-order valence-electron chi connectivity index (χ0n) is 18.2. The summed E-state index contributed by atoms with van der Waals surface area (Å²) in [6.45, 7) is 2.45. The maximum atomic E-state index is 11.9. The highest BCUT2D eigenvalue weighted by Crippen LogP contribution is 2.31. The lowest BCUT2D eigenvalue weighted by Crippen LogP contribution is -2.29. The van der Waals surface area contributed by atoms with Crippen LogP contribution in [0.3, 0.4) is 0 Å². The molecule has 1 aliphatic rings. The van der Waals surface area contributed by atoms with Crippen LogP contribution < -0.4 is 11.4 Å². The van der Waals surface area contributed by atoms with E-state index in [0.717, 1.165) is 12.8 Å². The van der Waals surface area contributed by atoms with Crippen molar-refractivity contribution in [1.82, 2.24) is 9.55 Å². The molecule has 0 unspecified atom stereocenters. The van der Waals surface area contributed by atoms with Crippen molar-refractivity contribution in [3.63, 3.8) is 0 Å². The number of hydrogen-bond acceptors (Lipinski definition) is 7. The van der Waals surface area contributed by atoms with Gasteiger partial charge in [0.05, 0.1) is 0 Å². The van der Waals surface area contributed by atoms with Crippen LogP contribution in [0.2, 0.25) is 0 Å². The Bertz CT molecular complexity index is 683. The van der Waals surface area contributed by atoms with Gasteiger partial charge < -0.3 is 15.2 Å². The number of unbranched alkanes of at least 4 members (excludes halogenated alkanes) is 10. The normalized spacial score (nSPS) is 18.6. The summed E-state index contributed by atoms with van der Waals surface area (Å²) in [7, 11) is 0. The van der Waals surface area contributed by atoms with Gasteiger partial charge in [0, 0.05) is 18.4 Å². The fraction of sp³-hybridized carbons (Fsp3) is 0.773. The molecule has 0 aromatic carbocycles. The summed E-state index contributed by atoms with van der Waals surface area (Å²) in [5.41, 5.74) is 4.81. The highest BCUT2D eigenvalue weighted by Gasteiger charge is 2.29. The number of anilines is 1. The summed E-state index contributed by atoms with van der Waals surface area (Å²) in [6.07, 6.45) is 15.5. The Morgan fingerprint density at radius 3 is 2.43 bits per heavy atom. The molecule has 0 radical (unpaired) electrons. The molecule has 1 fully saturated rings. The Balaban J connectivity index is 1.47. The second kappa shape index (κ2) is 14.5. The predicted molar refractivity (Wildman–Crippen MR) is 121 cm³/mol. The number of aromatic nitrogens is 2. The Hall–Kier alpha value is -1.54. The van der Waals surface area contributed by atoms with Gasteiger partial charge in [0.1, 0.15) is 24.1 Å². The summed E-state index contributed by atoms with van der Waals surface area (Å²) in [5.74, 6) is 0.617. The number of thioether (sulfide) groups is 1. The van der Waals surface area contributed by atoms with Gasteiger partial charge in [0.25, 0.3) is 0 Å². The van der Waals surface area contributed by atoms with Gasteiger partial charge >= 0.3 is 11.7 Å². The molecule has 1 aliphatic heterocycles. The first kappa shape index (κ1) is 24.7. The number of carbonyl (C=O) groups excluding carboxylic acids is 1. The highest BCUT2D eigenvalue weighted by atomic mass is 32.2. The summed E-state index contributed by atoms with van der Waals surface area (Å²) >= 11 is 1.53. The minimum atomic E-state index is -0.435. The summed E-state index contributed by atoms with van der Waals surface area (Å²) < 4.78 is 12.6. The van der Waals surface area contributed by atoms with Crippen LogP contribution >= 0.6 is 11.8 Å². The largest absolute Gasteiger partial charge is 0.462 e. The number of rotatable bonds is 15. The van der Waals surface area contributed by atoms with Crippen LogP contribution in [-0.4, -0.2) is 33.3 Å². The van der Waals surface area contributed by atoms with Gasteiger partial charge in [-0.2, -0.15) is 4.98 Å². The first-order valence-electron chi connectivity index (χ1n) is 11.4. The Morgan fingerprint density at radius 1 is 1.17 bits per heavy atom. The maximum absolute atomic E-state index is 11.9. The number of nitrogens with two attached hydrogens (primary N) is 1. The molecule has 0 spiro atoms.